The Morgan fingerprint density at radius 2 is 1.95 bits per heavy atom. The molecule has 0 spiro atoms. The highest BCUT2D eigenvalue weighted by Crippen LogP contribution is 2.10. The van der Waals surface area contributed by atoms with E-state index < -0.39 is 0 Å². The third-order valence-electron chi connectivity index (χ3n) is 3.57. The lowest BCUT2D eigenvalue weighted by Crippen LogP contribution is -2.26. The van der Waals surface area contributed by atoms with Gasteiger partial charge >= 0.3 is 0 Å². The molecule has 0 saturated heterocycles. The maximum Gasteiger partial charge on any atom is 0.251 e. The Morgan fingerprint density at radius 3 is 2.62 bits per heavy atom. The van der Waals surface area contributed by atoms with Gasteiger partial charge in [-0.05, 0) is 51.8 Å². The van der Waals surface area contributed by atoms with E-state index in [0.717, 1.165) is 41.0 Å². The van der Waals surface area contributed by atoms with Crippen molar-refractivity contribution in [2.45, 2.75) is 40.7 Å². The van der Waals surface area contributed by atoms with Crippen molar-refractivity contribution in [2.24, 2.45) is 0 Å². The molecule has 1 aromatic carbocycles. The molecule has 0 unspecified atom stereocenters. The number of hydrogen-bond donors (Lipinski definition) is 1. The van der Waals surface area contributed by atoms with E-state index >= 15 is 0 Å². The molecule has 4 nitrogen and oxygen atoms in total. The molecule has 1 N–H and O–H groups in total. The number of nitrogens with zero attached hydrogens (tertiary/aromatic N) is 2. The molecule has 0 saturated carbocycles. The van der Waals surface area contributed by atoms with Crippen LogP contribution in [0.2, 0.25) is 0 Å². The van der Waals surface area contributed by atoms with Crippen molar-refractivity contribution >= 4 is 5.91 Å². The van der Waals surface area contributed by atoms with E-state index in [1.165, 1.54) is 0 Å². The van der Waals surface area contributed by atoms with Crippen LogP contribution in [-0.4, -0.2) is 22.2 Å². The largest absolute Gasteiger partial charge is 0.352 e. The van der Waals surface area contributed by atoms with Crippen LogP contribution in [0.5, 0.6) is 0 Å². The van der Waals surface area contributed by atoms with Crippen molar-refractivity contribution in [1.29, 1.82) is 0 Å². The minimum Gasteiger partial charge on any atom is -0.352 e. The minimum absolute atomic E-state index is 0.00423. The Labute approximate surface area is 126 Å². The average molecular weight is 285 g/mol. The minimum atomic E-state index is 0.00423. The zero-order valence-electron chi connectivity index (χ0n) is 13.2. The molecule has 2 rings (SSSR count). The fraction of sp³-hybridized carbons (Fsp3) is 0.412. The summed E-state index contributed by atoms with van der Waals surface area (Å²) in [5.74, 6) is 0.00423. The maximum atomic E-state index is 12.2. The summed E-state index contributed by atoms with van der Waals surface area (Å²) in [5, 5.41) is 7.40. The normalized spacial score (nSPS) is 10.7. The first-order chi connectivity index (χ1) is 9.97. The Morgan fingerprint density at radius 1 is 1.19 bits per heavy atom. The van der Waals surface area contributed by atoms with Gasteiger partial charge in [-0.3, -0.25) is 9.48 Å². The van der Waals surface area contributed by atoms with Crippen LogP contribution in [0, 0.1) is 27.7 Å². The molecule has 0 radical (unpaired) electrons. The highest BCUT2D eigenvalue weighted by molar-refractivity contribution is 5.95. The molecule has 0 bridgehead atoms. The number of nitrogens with one attached hydrogen (secondary N) is 1. The van der Waals surface area contributed by atoms with Gasteiger partial charge in [-0.1, -0.05) is 17.7 Å². The van der Waals surface area contributed by atoms with Crippen molar-refractivity contribution in [3.8, 4) is 0 Å². The lowest BCUT2D eigenvalue weighted by Gasteiger charge is -2.09. The monoisotopic (exact) mass is 285 g/mol. The number of carbonyl (C=O) groups excluding carboxylic acids is 1. The SMILES string of the molecule is Cc1ccc(C)c(C(=O)NCCCn2nc(C)cc2C)c1. The first-order valence-corrected chi connectivity index (χ1v) is 7.34. The van der Waals surface area contributed by atoms with E-state index in [4.69, 9.17) is 0 Å². The van der Waals surface area contributed by atoms with Gasteiger partial charge in [0.2, 0.25) is 0 Å². The van der Waals surface area contributed by atoms with Gasteiger partial charge in [0, 0.05) is 24.3 Å². The Bertz CT molecular complexity index is 643. The molecule has 2 aromatic rings. The standard InChI is InChI=1S/C17H23N3O/c1-12-6-7-13(2)16(10-12)17(21)18-8-5-9-20-15(4)11-14(3)19-20/h6-7,10-11H,5,8-9H2,1-4H3,(H,18,21). The summed E-state index contributed by atoms with van der Waals surface area (Å²) in [5.41, 5.74) is 5.08. The second-order valence-corrected chi connectivity index (χ2v) is 5.58. The third kappa shape index (κ3) is 3.94. The third-order valence-corrected chi connectivity index (χ3v) is 3.57. The van der Waals surface area contributed by atoms with Gasteiger partial charge in [0.25, 0.3) is 5.91 Å². The van der Waals surface area contributed by atoms with Gasteiger partial charge < -0.3 is 5.32 Å². The molecule has 0 fully saturated rings. The van der Waals surface area contributed by atoms with Crippen LogP contribution < -0.4 is 5.32 Å². The average Bonchev–Trinajstić information content (AvgIpc) is 2.75. The van der Waals surface area contributed by atoms with E-state index in [9.17, 15) is 4.79 Å². The topological polar surface area (TPSA) is 46.9 Å². The summed E-state index contributed by atoms with van der Waals surface area (Å²) in [6.45, 7) is 9.49. The summed E-state index contributed by atoms with van der Waals surface area (Å²) in [7, 11) is 0. The van der Waals surface area contributed by atoms with Gasteiger partial charge in [-0.15, -0.1) is 0 Å². The maximum absolute atomic E-state index is 12.2. The zero-order chi connectivity index (χ0) is 15.4. The molecular formula is C17H23N3O. The zero-order valence-corrected chi connectivity index (χ0v) is 13.2. The molecule has 0 aliphatic rings. The summed E-state index contributed by atoms with van der Waals surface area (Å²) in [6, 6.07) is 8.01. The summed E-state index contributed by atoms with van der Waals surface area (Å²) in [4.78, 5) is 12.2. The number of aromatic nitrogens is 2. The second-order valence-electron chi connectivity index (χ2n) is 5.58. The molecule has 1 amide bonds. The van der Waals surface area contributed by atoms with Gasteiger partial charge in [-0.25, -0.2) is 0 Å². The number of aryl methyl sites for hydroxylation is 5. The number of benzene rings is 1. The summed E-state index contributed by atoms with van der Waals surface area (Å²) in [6.07, 6.45) is 0.874. The lowest BCUT2D eigenvalue weighted by atomic mass is 10.1. The molecule has 112 valence electrons. The van der Waals surface area contributed by atoms with Crippen LogP contribution >= 0.6 is 0 Å². The van der Waals surface area contributed by atoms with Crippen LogP contribution in [0.25, 0.3) is 0 Å². The number of amides is 1. The molecule has 4 heteroatoms. The highest BCUT2D eigenvalue weighted by atomic mass is 16.1. The van der Waals surface area contributed by atoms with Crippen molar-refractivity contribution < 1.29 is 4.79 Å². The fourth-order valence-electron chi connectivity index (χ4n) is 2.41. The second kappa shape index (κ2) is 6.57. The Hall–Kier alpha value is -2.10. The molecule has 0 atom stereocenters. The van der Waals surface area contributed by atoms with E-state index in [2.05, 4.69) is 23.4 Å². The van der Waals surface area contributed by atoms with Crippen molar-refractivity contribution in [1.82, 2.24) is 15.1 Å². The van der Waals surface area contributed by atoms with Crippen molar-refractivity contribution in [2.75, 3.05) is 6.54 Å². The Balaban J connectivity index is 1.84. The van der Waals surface area contributed by atoms with Crippen LogP contribution in [0.4, 0.5) is 0 Å². The summed E-state index contributed by atoms with van der Waals surface area (Å²) >= 11 is 0. The van der Waals surface area contributed by atoms with Crippen LogP contribution in [0.3, 0.4) is 0 Å². The van der Waals surface area contributed by atoms with Gasteiger partial charge in [0.05, 0.1) is 5.69 Å². The molecule has 0 aliphatic carbocycles. The fourth-order valence-corrected chi connectivity index (χ4v) is 2.41. The molecule has 21 heavy (non-hydrogen) atoms. The molecule has 1 aromatic heterocycles. The first kappa shape index (κ1) is 15.3. The predicted octanol–water partition coefficient (Wildman–Crippen LogP) is 2.94. The van der Waals surface area contributed by atoms with Gasteiger partial charge in [-0.2, -0.15) is 5.10 Å². The van der Waals surface area contributed by atoms with E-state index in [-0.39, 0.29) is 5.91 Å². The van der Waals surface area contributed by atoms with E-state index in [1.54, 1.807) is 0 Å². The Kier molecular flexibility index (Phi) is 4.78. The smallest absolute Gasteiger partial charge is 0.251 e. The molecule has 1 heterocycles. The molecular weight excluding hydrogens is 262 g/mol. The number of carbonyl (C=O) groups is 1. The quantitative estimate of drug-likeness (QED) is 0.859. The first-order valence-electron chi connectivity index (χ1n) is 7.34. The van der Waals surface area contributed by atoms with Crippen molar-refractivity contribution in [3.63, 3.8) is 0 Å². The van der Waals surface area contributed by atoms with E-state index in [0.29, 0.717) is 6.54 Å². The van der Waals surface area contributed by atoms with E-state index in [1.807, 2.05) is 43.7 Å². The lowest BCUT2D eigenvalue weighted by molar-refractivity contribution is 0.0952. The highest BCUT2D eigenvalue weighted by Gasteiger charge is 2.08. The predicted molar refractivity (Wildman–Crippen MR) is 84.6 cm³/mol. The van der Waals surface area contributed by atoms with Crippen LogP contribution in [0.15, 0.2) is 24.3 Å². The number of hydrogen-bond acceptors (Lipinski definition) is 2. The molecule has 0 aliphatic heterocycles. The van der Waals surface area contributed by atoms with Gasteiger partial charge in [0.15, 0.2) is 0 Å². The van der Waals surface area contributed by atoms with Gasteiger partial charge in [0.1, 0.15) is 0 Å². The summed E-state index contributed by atoms with van der Waals surface area (Å²) < 4.78 is 1.99. The van der Waals surface area contributed by atoms with Crippen LogP contribution in [0.1, 0.15) is 39.3 Å². The van der Waals surface area contributed by atoms with Crippen LogP contribution in [-0.2, 0) is 6.54 Å². The van der Waals surface area contributed by atoms with Crippen molar-refractivity contribution in [3.05, 3.63) is 52.3 Å². The number of rotatable bonds is 5.